The fourth-order valence-corrected chi connectivity index (χ4v) is 5.24. The van der Waals surface area contributed by atoms with Gasteiger partial charge in [0.15, 0.2) is 0 Å². The summed E-state index contributed by atoms with van der Waals surface area (Å²) in [4.78, 5) is 25.2. The lowest BCUT2D eigenvalue weighted by molar-refractivity contribution is -0.134. The van der Waals surface area contributed by atoms with Crippen molar-refractivity contribution in [1.29, 1.82) is 0 Å². The zero-order valence-electron chi connectivity index (χ0n) is 12.7. The van der Waals surface area contributed by atoms with Crippen molar-refractivity contribution in [3.63, 3.8) is 0 Å². The third-order valence-corrected chi connectivity index (χ3v) is 5.64. The fraction of sp³-hybridized carbons (Fsp3) is 0.875. The number of rotatable bonds is 4. The second kappa shape index (κ2) is 5.05. The summed E-state index contributed by atoms with van der Waals surface area (Å²) in [5.41, 5.74) is 0.264. The Kier molecular flexibility index (Phi) is 3.51. The Morgan fingerprint density at radius 3 is 2.00 bits per heavy atom. The van der Waals surface area contributed by atoms with E-state index in [1.807, 2.05) is 0 Å². The number of nitrogens with zero attached hydrogens (tertiary/aromatic N) is 1. The van der Waals surface area contributed by atoms with Crippen molar-refractivity contribution in [2.45, 2.75) is 44.9 Å². The molecular formula is C16H26N2O2. The number of likely N-dealkylation sites (N-methyl/N-ethyl adjacent to an activating group) is 1. The third-order valence-electron chi connectivity index (χ3n) is 5.64. The number of nitrogens with one attached hydrogen (secondary N) is 1. The molecule has 0 aromatic heterocycles. The zero-order chi connectivity index (χ0) is 14.3. The van der Waals surface area contributed by atoms with Crippen molar-refractivity contribution in [3.8, 4) is 0 Å². The highest BCUT2D eigenvalue weighted by molar-refractivity contribution is 5.84. The smallest absolute Gasteiger partial charge is 0.241 e. The molecule has 0 unspecified atom stereocenters. The Hall–Kier alpha value is -1.06. The van der Waals surface area contributed by atoms with Crippen LogP contribution in [0.15, 0.2) is 0 Å². The first-order chi connectivity index (χ1) is 9.46. The minimum absolute atomic E-state index is 0.0381. The van der Waals surface area contributed by atoms with Crippen LogP contribution in [0.1, 0.15) is 44.9 Å². The van der Waals surface area contributed by atoms with Crippen molar-refractivity contribution in [2.24, 2.45) is 23.2 Å². The van der Waals surface area contributed by atoms with Crippen LogP contribution >= 0.6 is 0 Å². The van der Waals surface area contributed by atoms with Gasteiger partial charge >= 0.3 is 0 Å². The van der Waals surface area contributed by atoms with Gasteiger partial charge in [-0.25, -0.2) is 0 Å². The van der Waals surface area contributed by atoms with E-state index >= 15 is 0 Å². The molecule has 4 aliphatic rings. The van der Waals surface area contributed by atoms with E-state index in [4.69, 9.17) is 0 Å². The van der Waals surface area contributed by atoms with Gasteiger partial charge in [0, 0.05) is 20.5 Å². The Morgan fingerprint density at radius 2 is 1.55 bits per heavy atom. The minimum atomic E-state index is -0.0381. The molecule has 20 heavy (non-hydrogen) atoms. The molecule has 1 N–H and O–H groups in total. The SMILES string of the molecule is CN(C)C(=O)CNC(=O)CC12CC3CC(CC(C3)C1)C2. The second-order valence-electron chi connectivity index (χ2n) is 7.66. The van der Waals surface area contributed by atoms with Crippen LogP contribution in [-0.4, -0.2) is 37.4 Å². The summed E-state index contributed by atoms with van der Waals surface area (Å²) in [5, 5.41) is 2.81. The molecule has 0 aromatic carbocycles. The zero-order valence-corrected chi connectivity index (χ0v) is 12.7. The van der Waals surface area contributed by atoms with Gasteiger partial charge in [0.25, 0.3) is 0 Å². The van der Waals surface area contributed by atoms with E-state index in [9.17, 15) is 9.59 Å². The molecule has 4 heteroatoms. The monoisotopic (exact) mass is 278 g/mol. The number of hydrogen-bond acceptors (Lipinski definition) is 2. The maximum absolute atomic E-state index is 12.2. The Balaban J connectivity index is 1.55. The predicted octanol–water partition coefficient (Wildman–Crippen LogP) is 1.80. The molecule has 4 fully saturated rings. The number of carbonyl (C=O) groups is 2. The average molecular weight is 278 g/mol. The van der Waals surface area contributed by atoms with Crippen molar-refractivity contribution < 1.29 is 9.59 Å². The Labute approximate surface area is 121 Å². The fourth-order valence-electron chi connectivity index (χ4n) is 5.24. The maximum atomic E-state index is 12.2. The number of carbonyl (C=O) groups excluding carboxylic acids is 2. The van der Waals surface area contributed by atoms with Gasteiger partial charge in [0.1, 0.15) is 0 Å². The molecule has 0 radical (unpaired) electrons. The van der Waals surface area contributed by atoms with Crippen molar-refractivity contribution in [1.82, 2.24) is 10.2 Å². The van der Waals surface area contributed by atoms with Gasteiger partial charge in [-0.05, 0) is 61.7 Å². The van der Waals surface area contributed by atoms with Gasteiger partial charge < -0.3 is 10.2 Å². The topological polar surface area (TPSA) is 49.4 Å². The number of hydrogen-bond donors (Lipinski definition) is 1. The summed E-state index contributed by atoms with van der Waals surface area (Å²) in [6.07, 6.45) is 8.58. The molecule has 0 saturated heterocycles. The molecule has 2 amide bonds. The Bertz CT molecular complexity index is 381. The van der Waals surface area contributed by atoms with Gasteiger partial charge in [0.2, 0.25) is 11.8 Å². The van der Waals surface area contributed by atoms with E-state index in [0.29, 0.717) is 6.42 Å². The van der Waals surface area contributed by atoms with Gasteiger partial charge in [0.05, 0.1) is 6.54 Å². The van der Waals surface area contributed by atoms with E-state index in [0.717, 1.165) is 17.8 Å². The van der Waals surface area contributed by atoms with Crippen LogP contribution in [0.25, 0.3) is 0 Å². The van der Waals surface area contributed by atoms with Crippen LogP contribution in [0, 0.1) is 23.2 Å². The predicted molar refractivity (Wildman–Crippen MR) is 76.9 cm³/mol. The van der Waals surface area contributed by atoms with Crippen molar-refractivity contribution >= 4 is 11.8 Å². The van der Waals surface area contributed by atoms with E-state index in [1.54, 1.807) is 14.1 Å². The highest BCUT2D eigenvalue weighted by Crippen LogP contribution is 2.61. The average Bonchev–Trinajstić information content (AvgIpc) is 2.33. The molecule has 4 bridgehead atoms. The van der Waals surface area contributed by atoms with Gasteiger partial charge in [-0.15, -0.1) is 0 Å². The van der Waals surface area contributed by atoms with E-state index in [1.165, 1.54) is 43.4 Å². The van der Waals surface area contributed by atoms with Crippen LogP contribution in [-0.2, 0) is 9.59 Å². The van der Waals surface area contributed by atoms with Crippen LogP contribution < -0.4 is 5.32 Å². The lowest BCUT2D eigenvalue weighted by atomic mass is 9.49. The number of amides is 2. The highest BCUT2D eigenvalue weighted by Gasteiger charge is 2.51. The normalized spacial score (nSPS) is 37.8. The quantitative estimate of drug-likeness (QED) is 0.852. The molecule has 4 nitrogen and oxygen atoms in total. The summed E-state index contributed by atoms with van der Waals surface area (Å²) in [7, 11) is 3.43. The largest absolute Gasteiger partial charge is 0.347 e. The molecule has 0 atom stereocenters. The molecule has 4 rings (SSSR count). The molecule has 0 aromatic rings. The van der Waals surface area contributed by atoms with Crippen molar-refractivity contribution in [2.75, 3.05) is 20.6 Å². The van der Waals surface area contributed by atoms with Crippen molar-refractivity contribution in [3.05, 3.63) is 0 Å². The van der Waals surface area contributed by atoms with Crippen LogP contribution in [0.3, 0.4) is 0 Å². The van der Waals surface area contributed by atoms with E-state index < -0.39 is 0 Å². The standard InChI is InChI=1S/C16H26N2O2/c1-18(2)15(20)10-17-14(19)9-16-6-11-3-12(7-16)5-13(4-11)8-16/h11-13H,3-10H2,1-2H3,(H,17,19). The van der Waals surface area contributed by atoms with Gasteiger partial charge in [-0.3, -0.25) is 9.59 Å². The van der Waals surface area contributed by atoms with Crippen LogP contribution in [0.4, 0.5) is 0 Å². The highest BCUT2D eigenvalue weighted by atomic mass is 16.2. The molecule has 4 aliphatic carbocycles. The molecule has 0 heterocycles. The summed E-state index contributed by atoms with van der Waals surface area (Å²) in [6, 6.07) is 0. The maximum Gasteiger partial charge on any atom is 0.241 e. The van der Waals surface area contributed by atoms with Gasteiger partial charge in [-0.2, -0.15) is 0 Å². The van der Waals surface area contributed by atoms with Gasteiger partial charge in [-0.1, -0.05) is 0 Å². The summed E-state index contributed by atoms with van der Waals surface area (Å²) in [6.45, 7) is 0.137. The third kappa shape index (κ3) is 2.70. The second-order valence-corrected chi connectivity index (χ2v) is 7.66. The first-order valence-corrected chi connectivity index (χ1v) is 7.93. The first kappa shape index (κ1) is 13.9. The van der Waals surface area contributed by atoms with Crippen LogP contribution in [0.2, 0.25) is 0 Å². The van der Waals surface area contributed by atoms with Crippen LogP contribution in [0.5, 0.6) is 0 Å². The molecule has 0 spiro atoms. The lowest BCUT2D eigenvalue weighted by Gasteiger charge is -2.56. The molecule has 0 aliphatic heterocycles. The molecular weight excluding hydrogens is 252 g/mol. The molecule has 4 saturated carbocycles. The summed E-state index contributed by atoms with van der Waals surface area (Å²) < 4.78 is 0. The molecule has 112 valence electrons. The Morgan fingerprint density at radius 1 is 1.05 bits per heavy atom. The first-order valence-electron chi connectivity index (χ1n) is 7.93. The summed E-state index contributed by atoms with van der Waals surface area (Å²) in [5.74, 6) is 2.65. The summed E-state index contributed by atoms with van der Waals surface area (Å²) >= 11 is 0. The van der Waals surface area contributed by atoms with E-state index in [-0.39, 0.29) is 23.8 Å². The van der Waals surface area contributed by atoms with E-state index in [2.05, 4.69) is 5.32 Å². The lowest BCUT2D eigenvalue weighted by Crippen LogP contribution is -2.48. The minimum Gasteiger partial charge on any atom is -0.347 e.